The molecule has 1 heterocycles. The number of hydrogen-bond acceptors (Lipinski definition) is 4. The van der Waals surface area contributed by atoms with Crippen molar-refractivity contribution in [3.05, 3.63) is 28.8 Å². The van der Waals surface area contributed by atoms with E-state index in [0.717, 1.165) is 19.4 Å². The summed E-state index contributed by atoms with van der Waals surface area (Å²) in [4.78, 5) is -0.00180. The Morgan fingerprint density at radius 2 is 2.25 bits per heavy atom. The second-order valence-corrected chi connectivity index (χ2v) is 6.89. The fourth-order valence-electron chi connectivity index (χ4n) is 2.16. The molecule has 0 saturated carbocycles. The lowest BCUT2D eigenvalue weighted by molar-refractivity contribution is 0.105. The van der Waals surface area contributed by atoms with Gasteiger partial charge in [-0.2, -0.15) is 0 Å². The minimum atomic E-state index is -3.66. The van der Waals surface area contributed by atoms with Crippen LogP contribution in [0.5, 0.6) is 0 Å². The van der Waals surface area contributed by atoms with Gasteiger partial charge in [0, 0.05) is 13.2 Å². The SMILES string of the molecule is O=S(=O)(NCCC1CCCO1)c1cc(CO)ccc1Cl. The van der Waals surface area contributed by atoms with Crippen LogP contribution in [0, 0.1) is 0 Å². The van der Waals surface area contributed by atoms with Gasteiger partial charge in [0.15, 0.2) is 0 Å². The molecule has 1 unspecified atom stereocenters. The summed E-state index contributed by atoms with van der Waals surface area (Å²) in [6, 6.07) is 4.45. The van der Waals surface area contributed by atoms with Crippen molar-refractivity contribution < 1.29 is 18.3 Å². The molecule has 5 nitrogen and oxygen atoms in total. The van der Waals surface area contributed by atoms with Crippen molar-refractivity contribution in [1.29, 1.82) is 0 Å². The number of benzene rings is 1. The lowest BCUT2D eigenvalue weighted by Crippen LogP contribution is -2.27. The highest BCUT2D eigenvalue weighted by atomic mass is 35.5. The maximum absolute atomic E-state index is 12.2. The summed E-state index contributed by atoms with van der Waals surface area (Å²) in [5.41, 5.74) is 0.508. The molecule has 112 valence electrons. The minimum absolute atomic E-state index is 0.00180. The normalized spacial score (nSPS) is 19.4. The van der Waals surface area contributed by atoms with Gasteiger partial charge in [0.2, 0.25) is 10.0 Å². The van der Waals surface area contributed by atoms with E-state index >= 15 is 0 Å². The van der Waals surface area contributed by atoms with Crippen molar-refractivity contribution >= 4 is 21.6 Å². The number of hydrogen-bond donors (Lipinski definition) is 2. The van der Waals surface area contributed by atoms with E-state index in [1.54, 1.807) is 6.07 Å². The first kappa shape index (κ1) is 15.7. The lowest BCUT2D eigenvalue weighted by atomic mass is 10.2. The molecular weight excluding hydrogens is 302 g/mol. The van der Waals surface area contributed by atoms with Crippen molar-refractivity contribution in [3.63, 3.8) is 0 Å². The minimum Gasteiger partial charge on any atom is -0.392 e. The monoisotopic (exact) mass is 319 g/mol. The van der Waals surface area contributed by atoms with Gasteiger partial charge in [-0.3, -0.25) is 0 Å². The summed E-state index contributed by atoms with van der Waals surface area (Å²) in [5, 5.41) is 9.21. The number of rotatable bonds is 6. The topological polar surface area (TPSA) is 75.6 Å². The Labute approximate surface area is 124 Å². The Hall–Kier alpha value is -0.660. The molecule has 0 amide bonds. The largest absolute Gasteiger partial charge is 0.392 e. The van der Waals surface area contributed by atoms with E-state index in [0.29, 0.717) is 18.5 Å². The summed E-state index contributed by atoms with van der Waals surface area (Å²) in [6.45, 7) is 0.837. The Morgan fingerprint density at radius 1 is 1.45 bits per heavy atom. The van der Waals surface area contributed by atoms with Gasteiger partial charge in [0.05, 0.1) is 17.7 Å². The van der Waals surface area contributed by atoms with E-state index in [1.807, 2.05) is 0 Å². The average molecular weight is 320 g/mol. The van der Waals surface area contributed by atoms with Crippen LogP contribution >= 0.6 is 11.6 Å². The van der Waals surface area contributed by atoms with Gasteiger partial charge < -0.3 is 9.84 Å². The first-order valence-electron chi connectivity index (χ1n) is 6.53. The Morgan fingerprint density at radius 3 is 2.90 bits per heavy atom. The zero-order valence-corrected chi connectivity index (χ0v) is 12.6. The van der Waals surface area contributed by atoms with Crippen molar-refractivity contribution in [1.82, 2.24) is 4.72 Å². The first-order chi connectivity index (χ1) is 9.53. The smallest absolute Gasteiger partial charge is 0.242 e. The molecule has 0 aliphatic carbocycles. The number of nitrogens with one attached hydrogen (secondary N) is 1. The second kappa shape index (κ2) is 6.87. The summed E-state index contributed by atoms with van der Waals surface area (Å²) < 4.78 is 32.3. The maximum Gasteiger partial charge on any atom is 0.242 e. The van der Waals surface area contributed by atoms with E-state index < -0.39 is 10.0 Å². The quantitative estimate of drug-likeness (QED) is 0.836. The van der Waals surface area contributed by atoms with Gasteiger partial charge in [-0.25, -0.2) is 13.1 Å². The molecule has 0 bridgehead atoms. The van der Waals surface area contributed by atoms with Crippen molar-refractivity contribution in [2.24, 2.45) is 0 Å². The first-order valence-corrected chi connectivity index (χ1v) is 8.39. The average Bonchev–Trinajstić information content (AvgIpc) is 2.92. The summed E-state index contributed by atoms with van der Waals surface area (Å²) >= 11 is 5.92. The van der Waals surface area contributed by atoms with E-state index in [1.165, 1.54) is 12.1 Å². The lowest BCUT2D eigenvalue weighted by Gasteiger charge is -2.12. The van der Waals surface area contributed by atoms with E-state index in [4.69, 9.17) is 21.4 Å². The number of aliphatic hydroxyl groups excluding tert-OH is 1. The fraction of sp³-hybridized carbons (Fsp3) is 0.538. The van der Waals surface area contributed by atoms with Crippen LogP contribution in [-0.4, -0.2) is 32.8 Å². The molecular formula is C13H18ClNO4S. The highest BCUT2D eigenvalue weighted by Crippen LogP contribution is 2.23. The molecule has 7 heteroatoms. The molecule has 0 aromatic heterocycles. The van der Waals surface area contributed by atoms with Crippen molar-refractivity contribution in [2.75, 3.05) is 13.2 Å². The Bertz CT molecular complexity index is 555. The summed E-state index contributed by atoms with van der Waals surface area (Å²) in [5.74, 6) is 0. The third-order valence-corrected chi connectivity index (χ3v) is 5.19. The van der Waals surface area contributed by atoms with Crippen LogP contribution in [0.2, 0.25) is 5.02 Å². The Kier molecular flexibility index (Phi) is 5.40. The fourth-order valence-corrected chi connectivity index (χ4v) is 3.75. The molecule has 0 spiro atoms. The van der Waals surface area contributed by atoms with Gasteiger partial charge in [-0.1, -0.05) is 17.7 Å². The molecule has 2 N–H and O–H groups in total. The van der Waals surface area contributed by atoms with Gasteiger partial charge in [-0.05, 0) is 37.0 Å². The standard InChI is InChI=1S/C13H18ClNO4S/c14-12-4-3-10(9-16)8-13(12)20(17,18)15-6-5-11-2-1-7-19-11/h3-4,8,11,15-16H,1-2,5-7,9H2. The zero-order valence-electron chi connectivity index (χ0n) is 11.0. The molecule has 0 radical (unpaired) electrons. The van der Waals surface area contributed by atoms with Crippen molar-refractivity contribution in [3.8, 4) is 0 Å². The van der Waals surface area contributed by atoms with Crippen LogP contribution in [0.1, 0.15) is 24.8 Å². The van der Waals surface area contributed by atoms with E-state index in [-0.39, 0.29) is 22.6 Å². The number of sulfonamides is 1. The van der Waals surface area contributed by atoms with Crippen LogP contribution in [0.15, 0.2) is 23.1 Å². The number of ether oxygens (including phenoxy) is 1. The van der Waals surface area contributed by atoms with Crippen LogP contribution in [-0.2, 0) is 21.4 Å². The summed E-state index contributed by atoms with van der Waals surface area (Å²) in [7, 11) is -3.66. The van der Waals surface area contributed by atoms with Gasteiger partial charge in [0.25, 0.3) is 0 Å². The van der Waals surface area contributed by atoms with Crippen LogP contribution in [0.25, 0.3) is 0 Å². The highest BCUT2D eigenvalue weighted by Gasteiger charge is 2.20. The molecule has 20 heavy (non-hydrogen) atoms. The maximum atomic E-state index is 12.2. The highest BCUT2D eigenvalue weighted by molar-refractivity contribution is 7.89. The van der Waals surface area contributed by atoms with Gasteiger partial charge >= 0.3 is 0 Å². The molecule has 1 aromatic rings. The molecule has 2 rings (SSSR count). The molecule has 1 aliphatic rings. The molecule has 1 aromatic carbocycles. The van der Waals surface area contributed by atoms with Crippen LogP contribution in [0.3, 0.4) is 0 Å². The molecule has 1 atom stereocenters. The third kappa shape index (κ3) is 3.93. The summed E-state index contributed by atoms with van der Waals surface area (Å²) in [6.07, 6.45) is 2.79. The Balaban J connectivity index is 2.01. The zero-order chi connectivity index (χ0) is 14.6. The second-order valence-electron chi connectivity index (χ2n) is 4.74. The van der Waals surface area contributed by atoms with Gasteiger partial charge in [0.1, 0.15) is 4.90 Å². The molecule has 1 saturated heterocycles. The molecule has 1 aliphatic heterocycles. The van der Waals surface area contributed by atoms with E-state index in [2.05, 4.69) is 4.72 Å². The molecule has 1 fully saturated rings. The van der Waals surface area contributed by atoms with E-state index in [9.17, 15) is 8.42 Å². The van der Waals surface area contributed by atoms with Crippen molar-refractivity contribution in [2.45, 2.75) is 36.9 Å². The number of aliphatic hydroxyl groups is 1. The van der Waals surface area contributed by atoms with Crippen LogP contribution in [0.4, 0.5) is 0 Å². The number of halogens is 1. The predicted octanol–water partition coefficient (Wildman–Crippen LogP) is 1.68. The predicted molar refractivity (Wildman–Crippen MR) is 76.2 cm³/mol. The third-order valence-electron chi connectivity index (χ3n) is 3.25. The van der Waals surface area contributed by atoms with Crippen LogP contribution < -0.4 is 4.72 Å². The van der Waals surface area contributed by atoms with Gasteiger partial charge in [-0.15, -0.1) is 0 Å².